The number of likely N-dealkylation sites (N-methyl/N-ethyl adjacent to an activating group) is 1. The Morgan fingerprint density at radius 2 is 1.45 bits per heavy atom. The highest BCUT2D eigenvalue weighted by atomic mass is 16.7. The number of hydrogen-bond acceptors (Lipinski definition) is 16. The van der Waals surface area contributed by atoms with Crippen molar-refractivity contribution in [1.29, 1.82) is 0 Å². The molecule has 0 aromatic rings. The van der Waals surface area contributed by atoms with E-state index in [9.17, 15) is 45.3 Å². The molecule has 0 bridgehead atoms. The van der Waals surface area contributed by atoms with E-state index < -0.39 is 120 Å². The predicted octanol–water partition coefficient (Wildman–Crippen LogP) is 1.29. The van der Waals surface area contributed by atoms with E-state index in [1.165, 1.54) is 27.9 Å². The standard InChI is InChI=1S/C42H75NO15/c1-20-18-40(7,51)37(58-39-33(47)27(43(10)11)15-21(2)54-39)23(4)34(57-31-19-41(8,53-12)36(49)25(6)55-31)24(5)38(50)56-30(17-26-13-14-28(44)29(45)16-26)42(9,52)35(48)22(3)32(20)46/h20-31,33-37,39,44-45,47-49,51-52H,13-19H2,1-12H3/t20-,21-,22+,23+,24-,25+,26?,27+,28?,29?,30-,31+,33-,34+,35-,36+,37-,39+,40-,41-,42-/m1/s1. The van der Waals surface area contributed by atoms with Crippen LogP contribution in [-0.4, -0.2) is 170 Å². The molecule has 58 heavy (non-hydrogen) atoms. The Morgan fingerprint density at radius 1 is 0.810 bits per heavy atom. The van der Waals surface area contributed by atoms with E-state index in [0.717, 1.165) is 0 Å². The van der Waals surface area contributed by atoms with Gasteiger partial charge in [-0.15, -0.1) is 0 Å². The van der Waals surface area contributed by atoms with Crippen LogP contribution in [0.2, 0.25) is 0 Å². The molecule has 338 valence electrons. The number of carbonyl (C=O) groups is 2. The summed E-state index contributed by atoms with van der Waals surface area (Å²) in [5.74, 6) is -5.73. The van der Waals surface area contributed by atoms with E-state index >= 15 is 0 Å². The quantitative estimate of drug-likeness (QED) is 0.171. The maximum Gasteiger partial charge on any atom is 0.311 e. The van der Waals surface area contributed by atoms with Crippen LogP contribution in [0, 0.1) is 29.6 Å². The average molecular weight is 834 g/mol. The lowest BCUT2D eigenvalue weighted by Gasteiger charge is -2.49. The molecule has 3 heterocycles. The van der Waals surface area contributed by atoms with Crippen molar-refractivity contribution in [3.05, 3.63) is 0 Å². The molecule has 4 aliphatic rings. The van der Waals surface area contributed by atoms with Crippen molar-refractivity contribution in [1.82, 2.24) is 4.90 Å². The van der Waals surface area contributed by atoms with E-state index in [0.29, 0.717) is 12.8 Å². The Morgan fingerprint density at radius 3 is 2.03 bits per heavy atom. The van der Waals surface area contributed by atoms with E-state index in [2.05, 4.69) is 0 Å². The number of nitrogens with zero attached hydrogens (tertiary/aromatic N) is 1. The first-order valence-corrected chi connectivity index (χ1v) is 21.2. The highest BCUT2D eigenvalue weighted by Gasteiger charge is 2.54. The molecular formula is C42H75NO15. The van der Waals surface area contributed by atoms with Crippen molar-refractivity contribution >= 4 is 11.8 Å². The van der Waals surface area contributed by atoms with E-state index in [-0.39, 0.29) is 50.2 Å². The molecule has 7 N–H and O–H groups in total. The number of cyclic esters (lactones) is 1. The summed E-state index contributed by atoms with van der Waals surface area (Å²) in [6, 6.07) is -0.357. The third-order valence-electron chi connectivity index (χ3n) is 13.9. The summed E-state index contributed by atoms with van der Waals surface area (Å²) in [5, 5.41) is 79.6. The first-order chi connectivity index (χ1) is 26.7. The lowest BCUT2D eigenvalue weighted by Crippen LogP contribution is -2.61. The molecule has 4 fully saturated rings. The summed E-state index contributed by atoms with van der Waals surface area (Å²) in [6.45, 7) is 14.5. The number of rotatable bonds is 8. The van der Waals surface area contributed by atoms with Gasteiger partial charge in [0.05, 0.1) is 59.8 Å². The zero-order valence-corrected chi connectivity index (χ0v) is 36.7. The molecular weight excluding hydrogens is 758 g/mol. The van der Waals surface area contributed by atoms with Crippen molar-refractivity contribution in [3.63, 3.8) is 0 Å². The third-order valence-corrected chi connectivity index (χ3v) is 13.9. The summed E-state index contributed by atoms with van der Waals surface area (Å²) in [7, 11) is 5.14. The van der Waals surface area contributed by atoms with Crippen molar-refractivity contribution in [2.75, 3.05) is 21.2 Å². The van der Waals surface area contributed by atoms with Gasteiger partial charge in [-0.1, -0.05) is 20.8 Å². The van der Waals surface area contributed by atoms with Gasteiger partial charge in [0, 0.05) is 37.3 Å². The number of methoxy groups -OCH3 is 1. The largest absolute Gasteiger partial charge is 0.459 e. The summed E-state index contributed by atoms with van der Waals surface area (Å²) in [6.07, 6.45) is -11.6. The molecule has 21 atom stereocenters. The Hall–Kier alpha value is -1.38. The average Bonchev–Trinajstić information content (AvgIpc) is 3.14. The van der Waals surface area contributed by atoms with Gasteiger partial charge in [0.2, 0.25) is 0 Å². The van der Waals surface area contributed by atoms with Gasteiger partial charge in [0.1, 0.15) is 29.7 Å². The first-order valence-electron chi connectivity index (χ1n) is 21.2. The normalized spacial score (nSPS) is 50.6. The summed E-state index contributed by atoms with van der Waals surface area (Å²) in [5.41, 5.74) is -5.10. The van der Waals surface area contributed by atoms with Gasteiger partial charge >= 0.3 is 5.97 Å². The van der Waals surface area contributed by atoms with Gasteiger partial charge in [-0.2, -0.15) is 0 Å². The molecule has 0 radical (unpaired) electrons. The molecule has 3 aliphatic heterocycles. The van der Waals surface area contributed by atoms with Crippen LogP contribution in [0.4, 0.5) is 0 Å². The number of esters is 1. The van der Waals surface area contributed by atoms with E-state index in [1.807, 2.05) is 25.9 Å². The van der Waals surface area contributed by atoms with Crippen molar-refractivity contribution < 1.29 is 73.8 Å². The lowest BCUT2D eigenvalue weighted by molar-refractivity contribution is -0.318. The molecule has 0 spiro atoms. The second-order valence-electron chi connectivity index (χ2n) is 19.1. The molecule has 4 rings (SSSR count). The summed E-state index contributed by atoms with van der Waals surface area (Å²) >= 11 is 0. The number of ether oxygens (including phenoxy) is 6. The van der Waals surface area contributed by atoms with Gasteiger partial charge in [-0.05, 0) is 100 Å². The number of aliphatic hydroxyl groups excluding tert-OH is 5. The monoisotopic (exact) mass is 834 g/mol. The minimum absolute atomic E-state index is 0.0136. The summed E-state index contributed by atoms with van der Waals surface area (Å²) in [4.78, 5) is 30.6. The van der Waals surface area contributed by atoms with Gasteiger partial charge in [-0.25, -0.2) is 0 Å². The number of Topliss-reactive ketones (excluding diaryl/α,β-unsaturated/α-hetero) is 1. The zero-order valence-electron chi connectivity index (χ0n) is 36.7. The highest BCUT2D eigenvalue weighted by molar-refractivity contribution is 5.83. The minimum atomic E-state index is -2.15. The Bertz CT molecular complexity index is 1370. The maximum absolute atomic E-state index is 14.6. The van der Waals surface area contributed by atoms with Crippen LogP contribution in [0.25, 0.3) is 0 Å². The minimum Gasteiger partial charge on any atom is -0.459 e. The van der Waals surface area contributed by atoms with Gasteiger partial charge in [0.15, 0.2) is 12.6 Å². The third kappa shape index (κ3) is 10.8. The Labute approximate surface area is 344 Å². The number of carbonyl (C=O) groups excluding carboxylic acids is 2. The lowest BCUT2D eigenvalue weighted by atomic mass is 9.72. The summed E-state index contributed by atoms with van der Waals surface area (Å²) < 4.78 is 37.6. The molecule has 3 unspecified atom stereocenters. The van der Waals surface area contributed by atoms with E-state index in [1.54, 1.807) is 34.6 Å². The molecule has 1 saturated carbocycles. The fraction of sp³-hybridized carbons (Fsp3) is 0.952. The number of aliphatic hydroxyl groups is 7. The van der Waals surface area contributed by atoms with Crippen molar-refractivity contribution in [3.8, 4) is 0 Å². The van der Waals surface area contributed by atoms with E-state index in [4.69, 9.17) is 28.4 Å². The van der Waals surface area contributed by atoms with Crippen LogP contribution in [0.5, 0.6) is 0 Å². The maximum atomic E-state index is 14.6. The molecule has 3 saturated heterocycles. The Balaban J connectivity index is 1.84. The molecule has 0 aromatic heterocycles. The fourth-order valence-electron chi connectivity index (χ4n) is 9.93. The van der Waals surface area contributed by atoms with Crippen LogP contribution < -0.4 is 0 Å². The van der Waals surface area contributed by atoms with Gasteiger partial charge in [-0.3, -0.25) is 9.59 Å². The topological polar surface area (TPSA) is 234 Å². The zero-order chi connectivity index (χ0) is 43.8. The van der Waals surface area contributed by atoms with Gasteiger partial charge in [0.25, 0.3) is 0 Å². The fourth-order valence-corrected chi connectivity index (χ4v) is 9.93. The van der Waals surface area contributed by atoms with Crippen LogP contribution in [0.15, 0.2) is 0 Å². The second-order valence-corrected chi connectivity index (χ2v) is 19.1. The van der Waals surface area contributed by atoms with Crippen LogP contribution in [0.1, 0.15) is 107 Å². The second kappa shape index (κ2) is 19.3. The number of ketones is 1. The SMILES string of the molecule is CO[C@]1(C)C[C@H](O[C@H]2[C@H](C)[C@@H](O[C@@H]3O[C@H](C)C[C@H](N(C)C)[C@H]3O)[C@](C)(O)C[C@@H](C)C(=O)[C@H](C)[C@@H](O)[C@](C)(O)[C@@H](CC3CCC(O)C(O)C3)OC(=O)[C@@H]2C)O[C@@H](C)[C@@H]1O. The molecule has 1 aliphatic carbocycles. The predicted molar refractivity (Wildman–Crippen MR) is 210 cm³/mol. The van der Waals surface area contributed by atoms with Crippen LogP contribution in [-0.2, 0) is 38.0 Å². The van der Waals surface area contributed by atoms with Crippen molar-refractivity contribution in [2.24, 2.45) is 29.6 Å². The van der Waals surface area contributed by atoms with Crippen molar-refractivity contribution in [2.45, 2.75) is 204 Å². The van der Waals surface area contributed by atoms with Crippen LogP contribution in [0.3, 0.4) is 0 Å². The van der Waals surface area contributed by atoms with Crippen LogP contribution >= 0.6 is 0 Å². The molecule has 16 heteroatoms. The highest BCUT2D eigenvalue weighted by Crippen LogP contribution is 2.42. The smallest absolute Gasteiger partial charge is 0.311 e. The molecule has 0 aromatic carbocycles. The first kappa shape index (κ1) is 49.3. The van der Waals surface area contributed by atoms with Gasteiger partial charge < -0.3 is 69.1 Å². The molecule has 0 amide bonds. The Kier molecular flexibility index (Phi) is 16.4. The molecule has 16 nitrogen and oxygen atoms in total. The number of hydrogen-bond donors (Lipinski definition) is 7.